The number of nitrogen functional groups attached to an aromatic ring is 1. The molecule has 0 radical (unpaired) electrons. The lowest BCUT2D eigenvalue weighted by atomic mass is 9.91. The predicted molar refractivity (Wildman–Crippen MR) is 73.8 cm³/mol. The Kier molecular flexibility index (Phi) is 3.80. The number of anilines is 2. The van der Waals surface area contributed by atoms with E-state index in [4.69, 9.17) is 5.73 Å². The molecule has 102 valence electrons. The molecule has 0 spiro atoms. The molecule has 3 N–H and O–H groups in total. The summed E-state index contributed by atoms with van der Waals surface area (Å²) in [7, 11) is 0. The highest BCUT2D eigenvalue weighted by Crippen LogP contribution is 2.35. The van der Waals surface area contributed by atoms with Gasteiger partial charge in [-0.1, -0.05) is 0 Å². The first-order valence-corrected chi connectivity index (χ1v) is 6.78. The Morgan fingerprint density at radius 2 is 2.17 bits per heavy atom. The number of aliphatic hydroxyl groups is 1. The van der Waals surface area contributed by atoms with Crippen molar-refractivity contribution in [3.05, 3.63) is 5.69 Å². The number of nitrogens with zero attached hydrogens (tertiary/aromatic N) is 3. The van der Waals surface area contributed by atoms with Crippen LogP contribution in [0.5, 0.6) is 0 Å². The standard InChI is InChI=1S/C13H24N4O/c1-9(2)17-13(12(14)10(3)15-17)16(7-8-18)11-5-4-6-11/h9,11,18H,4-8,14H2,1-3H3. The minimum atomic E-state index is 0.151. The topological polar surface area (TPSA) is 67.3 Å². The summed E-state index contributed by atoms with van der Waals surface area (Å²) in [4.78, 5) is 2.23. The summed E-state index contributed by atoms with van der Waals surface area (Å²) in [5, 5.41) is 13.8. The van der Waals surface area contributed by atoms with Crippen LogP contribution in [0.4, 0.5) is 11.5 Å². The Morgan fingerprint density at radius 1 is 1.50 bits per heavy atom. The first kappa shape index (κ1) is 13.2. The molecule has 5 heteroatoms. The van der Waals surface area contributed by atoms with Gasteiger partial charge < -0.3 is 15.7 Å². The Balaban J connectivity index is 2.38. The zero-order valence-corrected chi connectivity index (χ0v) is 11.6. The van der Waals surface area contributed by atoms with E-state index in [0.717, 1.165) is 17.2 Å². The number of hydrogen-bond acceptors (Lipinski definition) is 4. The SMILES string of the molecule is Cc1nn(C(C)C)c(N(CCO)C2CCC2)c1N. The lowest BCUT2D eigenvalue weighted by Gasteiger charge is -2.39. The van der Waals surface area contributed by atoms with Gasteiger partial charge in [-0.3, -0.25) is 0 Å². The van der Waals surface area contributed by atoms with E-state index in [1.165, 1.54) is 19.3 Å². The lowest BCUT2D eigenvalue weighted by Crippen LogP contribution is -2.43. The lowest BCUT2D eigenvalue weighted by molar-refractivity contribution is 0.281. The van der Waals surface area contributed by atoms with Crippen molar-refractivity contribution in [2.75, 3.05) is 23.8 Å². The molecule has 0 unspecified atom stereocenters. The van der Waals surface area contributed by atoms with E-state index < -0.39 is 0 Å². The zero-order chi connectivity index (χ0) is 13.3. The molecule has 1 aliphatic carbocycles. The van der Waals surface area contributed by atoms with Crippen LogP contribution in [0.3, 0.4) is 0 Å². The number of aryl methyl sites for hydroxylation is 1. The molecular weight excluding hydrogens is 228 g/mol. The third kappa shape index (κ3) is 2.19. The molecule has 0 bridgehead atoms. The average molecular weight is 252 g/mol. The number of hydrogen-bond donors (Lipinski definition) is 2. The van der Waals surface area contributed by atoms with Crippen molar-refractivity contribution in [3.63, 3.8) is 0 Å². The van der Waals surface area contributed by atoms with Crippen LogP contribution in [-0.4, -0.2) is 34.1 Å². The Labute approximate surface area is 109 Å². The van der Waals surface area contributed by atoms with Crippen molar-refractivity contribution in [2.24, 2.45) is 0 Å². The third-order valence-electron chi connectivity index (χ3n) is 3.72. The summed E-state index contributed by atoms with van der Waals surface area (Å²) in [5.74, 6) is 0.987. The van der Waals surface area contributed by atoms with Crippen LogP contribution < -0.4 is 10.6 Å². The highest BCUT2D eigenvalue weighted by Gasteiger charge is 2.30. The summed E-state index contributed by atoms with van der Waals surface area (Å²) in [6.07, 6.45) is 3.63. The van der Waals surface area contributed by atoms with Gasteiger partial charge in [0.2, 0.25) is 0 Å². The van der Waals surface area contributed by atoms with Crippen molar-refractivity contribution in [1.82, 2.24) is 9.78 Å². The van der Waals surface area contributed by atoms with Crippen LogP contribution in [0.25, 0.3) is 0 Å². The minimum absolute atomic E-state index is 0.151. The van der Waals surface area contributed by atoms with Crippen LogP contribution in [0.2, 0.25) is 0 Å². The van der Waals surface area contributed by atoms with E-state index in [2.05, 4.69) is 23.8 Å². The third-order valence-corrected chi connectivity index (χ3v) is 3.72. The van der Waals surface area contributed by atoms with E-state index in [1.54, 1.807) is 0 Å². The van der Waals surface area contributed by atoms with E-state index in [0.29, 0.717) is 12.6 Å². The summed E-state index contributed by atoms with van der Waals surface area (Å²) in [6, 6.07) is 0.783. The molecule has 1 aliphatic rings. The second-order valence-electron chi connectivity index (χ2n) is 5.36. The van der Waals surface area contributed by atoms with Gasteiger partial charge in [0.1, 0.15) is 0 Å². The molecular formula is C13H24N4O. The second-order valence-corrected chi connectivity index (χ2v) is 5.36. The Hall–Kier alpha value is -1.23. The zero-order valence-electron chi connectivity index (χ0n) is 11.6. The second kappa shape index (κ2) is 5.18. The van der Waals surface area contributed by atoms with Gasteiger partial charge in [-0.2, -0.15) is 5.10 Å². The quantitative estimate of drug-likeness (QED) is 0.837. The van der Waals surface area contributed by atoms with Gasteiger partial charge in [-0.15, -0.1) is 0 Å². The van der Waals surface area contributed by atoms with Gasteiger partial charge in [-0.05, 0) is 40.0 Å². The molecule has 0 amide bonds. The van der Waals surface area contributed by atoms with Crippen molar-refractivity contribution in [3.8, 4) is 0 Å². The average Bonchev–Trinajstić information content (AvgIpc) is 2.53. The summed E-state index contributed by atoms with van der Waals surface area (Å²) < 4.78 is 1.98. The molecule has 1 heterocycles. The van der Waals surface area contributed by atoms with E-state index >= 15 is 0 Å². The number of aromatic nitrogens is 2. The Bertz CT molecular complexity index is 409. The highest BCUT2D eigenvalue weighted by atomic mass is 16.3. The largest absolute Gasteiger partial charge is 0.395 e. The molecule has 1 fully saturated rings. The van der Waals surface area contributed by atoms with Gasteiger partial charge in [0.25, 0.3) is 0 Å². The summed E-state index contributed by atoms with van der Waals surface area (Å²) in [6.45, 7) is 6.93. The number of rotatable bonds is 5. The van der Waals surface area contributed by atoms with Crippen molar-refractivity contribution in [1.29, 1.82) is 0 Å². The predicted octanol–water partition coefficient (Wildman–Crippen LogP) is 1.71. The van der Waals surface area contributed by atoms with Gasteiger partial charge >= 0.3 is 0 Å². The smallest absolute Gasteiger partial charge is 0.151 e. The maximum absolute atomic E-state index is 9.28. The van der Waals surface area contributed by atoms with Gasteiger partial charge in [0, 0.05) is 18.6 Å². The molecule has 2 rings (SSSR count). The van der Waals surface area contributed by atoms with E-state index in [1.807, 2.05) is 11.6 Å². The maximum atomic E-state index is 9.28. The monoisotopic (exact) mass is 252 g/mol. The number of nitrogens with two attached hydrogens (primary N) is 1. The van der Waals surface area contributed by atoms with Crippen LogP contribution in [0, 0.1) is 6.92 Å². The maximum Gasteiger partial charge on any atom is 0.151 e. The number of aliphatic hydroxyl groups excluding tert-OH is 1. The fourth-order valence-electron chi connectivity index (χ4n) is 2.46. The van der Waals surface area contributed by atoms with Crippen LogP contribution in [0.15, 0.2) is 0 Å². The molecule has 1 aromatic rings. The fourth-order valence-corrected chi connectivity index (χ4v) is 2.46. The minimum Gasteiger partial charge on any atom is -0.395 e. The normalized spacial score (nSPS) is 16.1. The van der Waals surface area contributed by atoms with Crippen LogP contribution in [0.1, 0.15) is 44.8 Å². The first-order valence-electron chi connectivity index (χ1n) is 6.78. The first-order chi connectivity index (χ1) is 8.56. The molecule has 1 aromatic heterocycles. The van der Waals surface area contributed by atoms with Crippen LogP contribution >= 0.6 is 0 Å². The summed E-state index contributed by atoms with van der Waals surface area (Å²) >= 11 is 0. The molecule has 18 heavy (non-hydrogen) atoms. The molecule has 0 saturated heterocycles. The van der Waals surface area contributed by atoms with Crippen LogP contribution in [-0.2, 0) is 0 Å². The van der Waals surface area contributed by atoms with Crippen molar-refractivity contribution < 1.29 is 5.11 Å². The molecule has 0 aliphatic heterocycles. The van der Waals surface area contributed by atoms with Gasteiger partial charge in [-0.25, -0.2) is 4.68 Å². The Morgan fingerprint density at radius 3 is 2.61 bits per heavy atom. The van der Waals surface area contributed by atoms with Crippen molar-refractivity contribution >= 4 is 11.5 Å². The van der Waals surface area contributed by atoms with Crippen molar-refractivity contribution in [2.45, 2.75) is 52.1 Å². The van der Waals surface area contributed by atoms with E-state index in [-0.39, 0.29) is 12.6 Å². The van der Waals surface area contributed by atoms with Gasteiger partial charge in [0.05, 0.1) is 18.0 Å². The summed E-state index contributed by atoms with van der Waals surface area (Å²) in [5.41, 5.74) is 7.81. The van der Waals surface area contributed by atoms with E-state index in [9.17, 15) is 5.11 Å². The molecule has 1 saturated carbocycles. The van der Waals surface area contributed by atoms with Gasteiger partial charge in [0.15, 0.2) is 5.82 Å². The molecule has 0 atom stereocenters. The molecule has 0 aromatic carbocycles. The molecule has 5 nitrogen and oxygen atoms in total. The fraction of sp³-hybridized carbons (Fsp3) is 0.769. The highest BCUT2D eigenvalue weighted by molar-refractivity contribution is 5.67.